The average molecular weight is 372 g/mol. The van der Waals surface area contributed by atoms with Gasteiger partial charge in [0.2, 0.25) is 10.0 Å². The monoisotopic (exact) mass is 372 g/mol. The maximum atomic E-state index is 11.9. The molecule has 0 aliphatic heterocycles. The number of hydrogen-bond acceptors (Lipinski definition) is 6. The molecule has 0 bridgehead atoms. The van der Waals surface area contributed by atoms with Crippen LogP contribution in [-0.2, 0) is 10.0 Å². The minimum atomic E-state index is -3.36. The Morgan fingerprint density at radius 2 is 1.92 bits per heavy atom. The molecule has 1 heterocycles. The highest BCUT2D eigenvalue weighted by atomic mass is 32.2. The molecule has 8 heteroatoms. The van der Waals surface area contributed by atoms with Crippen LogP contribution in [0.5, 0.6) is 0 Å². The fourth-order valence-corrected chi connectivity index (χ4v) is 3.63. The summed E-state index contributed by atoms with van der Waals surface area (Å²) in [6, 6.07) is 15.8. The number of hydrogen-bond donors (Lipinski definition) is 2. The van der Waals surface area contributed by atoms with E-state index in [-0.39, 0.29) is 11.6 Å². The molecule has 1 aromatic heterocycles. The normalized spacial score (nSPS) is 12.7. The van der Waals surface area contributed by atoms with Crippen LogP contribution in [0.4, 0.5) is 5.69 Å². The smallest absolute Gasteiger partial charge is 0.258 e. The van der Waals surface area contributed by atoms with Crippen LogP contribution in [-0.4, -0.2) is 24.3 Å². The highest BCUT2D eigenvalue weighted by Crippen LogP contribution is 2.24. The van der Waals surface area contributed by atoms with Crippen LogP contribution in [0.25, 0.3) is 11.5 Å². The van der Waals surface area contributed by atoms with E-state index in [1.807, 2.05) is 37.3 Å². The first-order valence-corrected chi connectivity index (χ1v) is 9.89. The Bertz CT molecular complexity index is 971. The molecule has 1 unspecified atom stereocenters. The molecule has 2 aromatic carbocycles. The number of nitrogens with two attached hydrogens (primary N) is 1. The lowest BCUT2D eigenvalue weighted by Gasteiger charge is -2.07. The summed E-state index contributed by atoms with van der Waals surface area (Å²) < 4.78 is 31.7. The summed E-state index contributed by atoms with van der Waals surface area (Å²) >= 11 is 0. The van der Waals surface area contributed by atoms with Crippen LogP contribution in [0.15, 0.2) is 59.1 Å². The summed E-state index contributed by atoms with van der Waals surface area (Å²) in [7, 11) is -3.36. The minimum Gasteiger partial charge on any atom is -0.334 e. The van der Waals surface area contributed by atoms with Gasteiger partial charge in [-0.15, -0.1) is 0 Å². The molecule has 136 valence electrons. The largest absolute Gasteiger partial charge is 0.334 e. The van der Waals surface area contributed by atoms with Crippen LogP contribution in [0.3, 0.4) is 0 Å². The van der Waals surface area contributed by atoms with Gasteiger partial charge in [-0.2, -0.15) is 4.98 Å². The van der Waals surface area contributed by atoms with Crippen LogP contribution in [0.1, 0.15) is 30.8 Å². The van der Waals surface area contributed by atoms with Gasteiger partial charge in [0.05, 0.1) is 11.8 Å². The summed E-state index contributed by atoms with van der Waals surface area (Å²) in [5.41, 5.74) is 8.11. The third kappa shape index (κ3) is 4.27. The molecule has 0 aliphatic rings. The second kappa shape index (κ2) is 7.67. The van der Waals surface area contributed by atoms with Gasteiger partial charge in [-0.3, -0.25) is 4.72 Å². The fourth-order valence-electron chi connectivity index (χ4n) is 2.50. The van der Waals surface area contributed by atoms with Gasteiger partial charge >= 0.3 is 0 Å². The first-order chi connectivity index (χ1) is 12.5. The third-order valence-corrected chi connectivity index (χ3v) is 5.23. The van der Waals surface area contributed by atoms with E-state index in [0.717, 1.165) is 5.56 Å². The summed E-state index contributed by atoms with van der Waals surface area (Å²) in [6.07, 6.45) is 0.541. The van der Waals surface area contributed by atoms with Crippen molar-refractivity contribution in [2.45, 2.75) is 19.4 Å². The summed E-state index contributed by atoms with van der Waals surface area (Å²) in [5.74, 6) is 0.708. The molecule has 0 fully saturated rings. The molecule has 0 saturated carbocycles. The molecular weight excluding hydrogens is 352 g/mol. The number of benzene rings is 2. The van der Waals surface area contributed by atoms with Crippen LogP contribution >= 0.6 is 0 Å². The number of sulfonamides is 1. The first kappa shape index (κ1) is 18.1. The summed E-state index contributed by atoms with van der Waals surface area (Å²) in [6.45, 7) is 1.81. The van der Waals surface area contributed by atoms with Gasteiger partial charge in [0.1, 0.15) is 0 Å². The molecule has 0 spiro atoms. The van der Waals surface area contributed by atoms with Crippen LogP contribution in [0.2, 0.25) is 0 Å². The lowest BCUT2D eigenvalue weighted by Crippen LogP contribution is -2.16. The molecule has 0 aliphatic carbocycles. The van der Waals surface area contributed by atoms with E-state index in [1.54, 1.807) is 24.3 Å². The zero-order valence-electron chi connectivity index (χ0n) is 14.3. The topological polar surface area (TPSA) is 111 Å². The predicted octanol–water partition coefficient (Wildman–Crippen LogP) is 2.94. The molecule has 0 amide bonds. The van der Waals surface area contributed by atoms with Crippen molar-refractivity contribution in [2.24, 2.45) is 5.73 Å². The predicted molar refractivity (Wildman–Crippen MR) is 99.9 cm³/mol. The van der Waals surface area contributed by atoms with Crippen molar-refractivity contribution in [1.82, 2.24) is 10.1 Å². The highest BCUT2D eigenvalue weighted by Gasteiger charge is 2.17. The molecule has 3 N–H and O–H groups in total. The second-order valence-electron chi connectivity index (χ2n) is 5.85. The number of rotatable bonds is 7. The zero-order valence-corrected chi connectivity index (χ0v) is 15.1. The maximum absolute atomic E-state index is 11.9. The molecule has 0 saturated heterocycles. The molecule has 7 nitrogen and oxygen atoms in total. The second-order valence-corrected chi connectivity index (χ2v) is 7.69. The number of nitrogens with one attached hydrogen (secondary N) is 1. The molecule has 3 aromatic rings. The van der Waals surface area contributed by atoms with Crippen molar-refractivity contribution >= 4 is 15.7 Å². The Hall–Kier alpha value is -2.71. The van der Waals surface area contributed by atoms with E-state index >= 15 is 0 Å². The summed E-state index contributed by atoms with van der Waals surface area (Å²) in [5, 5.41) is 3.95. The minimum absolute atomic E-state index is 0.0634. The van der Waals surface area contributed by atoms with Crippen LogP contribution in [0, 0.1) is 0 Å². The van der Waals surface area contributed by atoms with Crippen molar-refractivity contribution in [1.29, 1.82) is 0 Å². The van der Waals surface area contributed by atoms with Gasteiger partial charge in [0.25, 0.3) is 5.89 Å². The Kier molecular flexibility index (Phi) is 5.34. The fraction of sp³-hybridized carbons (Fsp3) is 0.222. The Labute approximate surface area is 152 Å². The lowest BCUT2D eigenvalue weighted by molar-refractivity contribution is 0.419. The number of nitrogens with zero attached hydrogens (tertiary/aromatic N) is 2. The quantitative estimate of drug-likeness (QED) is 0.659. The molecule has 0 radical (unpaired) electrons. The first-order valence-electron chi connectivity index (χ1n) is 8.23. The van der Waals surface area contributed by atoms with Crippen molar-refractivity contribution in [3.05, 3.63) is 66.0 Å². The molecule has 26 heavy (non-hydrogen) atoms. The number of anilines is 1. The Morgan fingerprint density at radius 3 is 2.65 bits per heavy atom. The van der Waals surface area contributed by atoms with Crippen molar-refractivity contribution in [3.8, 4) is 11.5 Å². The molecule has 3 rings (SSSR count). The SMILES string of the molecule is CCCS(=O)(=O)Nc1cccc(-c2nc(C(N)c3ccccc3)no2)c1. The Morgan fingerprint density at radius 1 is 1.15 bits per heavy atom. The third-order valence-electron chi connectivity index (χ3n) is 3.73. The van der Waals surface area contributed by atoms with Gasteiger partial charge in [0.15, 0.2) is 5.82 Å². The van der Waals surface area contributed by atoms with E-state index in [2.05, 4.69) is 14.9 Å². The van der Waals surface area contributed by atoms with Crippen molar-refractivity contribution in [3.63, 3.8) is 0 Å². The van der Waals surface area contributed by atoms with E-state index < -0.39 is 16.1 Å². The van der Waals surface area contributed by atoms with E-state index in [9.17, 15) is 8.42 Å². The van der Waals surface area contributed by atoms with Crippen LogP contribution < -0.4 is 10.5 Å². The average Bonchev–Trinajstić information content (AvgIpc) is 3.12. The van der Waals surface area contributed by atoms with Gasteiger partial charge in [-0.05, 0) is 30.2 Å². The van der Waals surface area contributed by atoms with Gasteiger partial charge in [-0.25, -0.2) is 8.42 Å². The number of aromatic nitrogens is 2. The lowest BCUT2D eigenvalue weighted by atomic mass is 10.1. The maximum Gasteiger partial charge on any atom is 0.258 e. The zero-order chi connectivity index (χ0) is 18.6. The van der Waals surface area contributed by atoms with Gasteiger partial charge in [-0.1, -0.05) is 48.5 Å². The highest BCUT2D eigenvalue weighted by molar-refractivity contribution is 7.92. The Balaban J connectivity index is 1.82. The van der Waals surface area contributed by atoms with Crippen molar-refractivity contribution < 1.29 is 12.9 Å². The molecular formula is C18H20N4O3S. The molecule has 1 atom stereocenters. The summed E-state index contributed by atoms with van der Waals surface area (Å²) in [4.78, 5) is 4.35. The van der Waals surface area contributed by atoms with Gasteiger partial charge in [0, 0.05) is 11.3 Å². The van der Waals surface area contributed by atoms with E-state index in [4.69, 9.17) is 10.3 Å². The van der Waals surface area contributed by atoms with E-state index in [1.165, 1.54) is 0 Å². The van der Waals surface area contributed by atoms with Crippen molar-refractivity contribution in [2.75, 3.05) is 10.5 Å². The standard InChI is InChI=1S/C18H20N4O3S/c1-2-11-26(23,24)22-15-10-6-9-14(12-15)18-20-17(21-25-18)16(19)13-7-4-3-5-8-13/h3-10,12,16,22H,2,11,19H2,1H3. The van der Waals surface area contributed by atoms with Gasteiger partial charge < -0.3 is 10.3 Å². The van der Waals surface area contributed by atoms with E-state index in [0.29, 0.717) is 23.5 Å².